The highest BCUT2D eigenvalue weighted by atomic mass is 32.2. The molecule has 2 aliphatic rings. The number of ketones is 1. The predicted octanol–water partition coefficient (Wildman–Crippen LogP) is 5.27. The molecule has 5 aromatic rings. The van der Waals surface area contributed by atoms with Crippen LogP contribution in [-0.2, 0) is 30.8 Å². The molecular formula is C35H32N2O7S. The lowest BCUT2D eigenvalue weighted by Crippen LogP contribution is -2.41. The highest BCUT2D eigenvalue weighted by Crippen LogP contribution is 2.46. The van der Waals surface area contributed by atoms with Crippen molar-refractivity contribution in [2.24, 2.45) is 5.92 Å². The third-order valence-electron chi connectivity index (χ3n) is 8.53. The number of hydrogen-bond donors (Lipinski definition) is 2. The molecule has 3 heterocycles. The molecule has 2 N–H and O–H groups in total. The summed E-state index contributed by atoms with van der Waals surface area (Å²) in [6.07, 6.45) is -0.125. The van der Waals surface area contributed by atoms with Crippen LogP contribution in [0, 0.1) is 5.92 Å². The van der Waals surface area contributed by atoms with Crippen molar-refractivity contribution < 1.29 is 32.2 Å². The van der Waals surface area contributed by atoms with E-state index in [0.29, 0.717) is 42.4 Å². The lowest BCUT2D eigenvalue weighted by molar-refractivity contribution is -0.164. The second-order valence-electron chi connectivity index (χ2n) is 11.5. The van der Waals surface area contributed by atoms with E-state index >= 15 is 0 Å². The summed E-state index contributed by atoms with van der Waals surface area (Å²) in [5.74, 6) is -1.71. The monoisotopic (exact) mass is 624 g/mol. The number of aromatic amines is 1. The minimum absolute atomic E-state index is 0.0866. The fourth-order valence-electron chi connectivity index (χ4n) is 6.50. The van der Waals surface area contributed by atoms with Crippen LogP contribution in [0.5, 0.6) is 11.5 Å². The van der Waals surface area contributed by atoms with E-state index in [0.717, 1.165) is 27.2 Å². The van der Waals surface area contributed by atoms with Gasteiger partial charge in [0.25, 0.3) is 0 Å². The van der Waals surface area contributed by atoms with E-state index in [1.807, 2.05) is 60.7 Å². The number of nitrogens with one attached hydrogen (secondary N) is 2. The average Bonchev–Trinajstić information content (AvgIpc) is 3.40. The number of fused-ring (bicyclic) bond motifs is 3. The summed E-state index contributed by atoms with van der Waals surface area (Å²) < 4.78 is 47.1. The molecule has 45 heavy (non-hydrogen) atoms. The molecule has 3 atom stereocenters. The van der Waals surface area contributed by atoms with E-state index in [9.17, 15) is 18.0 Å². The van der Waals surface area contributed by atoms with Crippen LogP contribution >= 0.6 is 0 Å². The summed E-state index contributed by atoms with van der Waals surface area (Å²) in [6, 6.07) is 25.8. The Morgan fingerprint density at radius 1 is 0.911 bits per heavy atom. The highest BCUT2D eigenvalue weighted by Gasteiger charge is 2.45. The number of aromatic nitrogens is 1. The van der Waals surface area contributed by atoms with Gasteiger partial charge in [0.05, 0.1) is 4.90 Å². The zero-order chi connectivity index (χ0) is 31.1. The van der Waals surface area contributed by atoms with Crippen LogP contribution in [0.25, 0.3) is 21.7 Å². The summed E-state index contributed by atoms with van der Waals surface area (Å²) >= 11 is 0. The molecule has 1 aromatic heterocycles. The second kappa shape index (κ2) is 11.7. The number of carbonyl (C=O) groups excluding carboxylic acids is 2. The number of benzene rings is 4. The van der Waals surface area contributed by atoms with E-state index in [1.165, 1.54) is 0 Å². The number of cyclic esters (lactones) is 1. The first-order valence-electron chi connectivity index (χ1n) is 15.0. The Kier molecular flexibility index (Phi) is 7.55. The first-order valence-corrected chi connectivity index (χ1v) is 16.5. The number of H-pyrrole nitrogens is 1. The van der Waals surface area contributed by atoms with Crippen molar-refractivity contribution in [2.75, 3.05) is 19.8 Å². The van der Waals surface area contributed by atoms with E-state index in [2.05, 4.69) is 9.71 Å². The van der Waals surface area contributed by atoms with Gasteiger partial charge in [-0.3, -0.25) is 9.59 Å². The van der Waals surface area contributed by atoms with Crippen molar-refractivity contribution in [1.82, 2.24) is 9.71 Å². The molecule has 1 fully saturated rings. The van der Waals surface area contributed by atoms with Crippen LogP contribution in [0.15, 0.2) is 89.8 Å². The summed E-state index contributed by atoms with van der Waals surface area (Å²) in [5.41, 5.74) is 2.86. The molecule has 0 saturated carbocycles. The van der Waals surface area contributed by atoms with Gasteiger partial charge in [0.2, 0.25) is 10.0 Å². The van der Waals surface area contributed by atoms with E-state index < -0.39 is 33.9 Å². The summed E-state index contributed by atoms with van der Waals surface area (Å²) in [5, 5.41) is 2.65. The fraction of sp³-hybridized carbons (Fsp3) is 0.257. The molecule has 9 nitrogen and oxygen atoms in total. The van der Waals surface area contributed by atoms with Crippen molar-refractivity contribution >= 4 is 43.5 Å². The zero-order valence-electron chi connectivity index (χ0n) is 24.6. The molecule has 0 aliphatic carbocycles. The molecular weight excluding hydrogens is 592 g/mol. The molecule has 230 valence electrons. The Labute approximate surface area is 260 Å². The minimum atomic E-state index is -3.82. The lowest BCUT2D eigenvalue weighted by atomic mass is 9.76. The molecule has 7 rings (SSSR count). The number of hydrogen-bond acceptors (Lipinski definition) is 7. The quantitative estimate of drug-likeness (QED) is 0.178. The van der Waals surface area contributed by atoms with Gasteiger partial charge in [0, 0.05) is 41.0 Å². The number of rotatable bonds is 8. The summed E-state index contributed by atoms with van der Waals surface area (Å²) in [6.45, 7) is 2.51. The van der Waals surface area contributed by atoms with E-state index in [4.69, 9.17) is 14.2 Å². The number of ether oxygens (including phenoxy) is 3. The number of para-hydroxylation sites is 2. The maximum atomic E-state index is 13.6. The van der Waals surface area contributed by atoms with Gasteiger partial charge in [-0.1, -0.05) is 60.7 Å². The topological polar surface area (TPSA) is 124 Å². The van der Waals surface area contributed by atoms with Gasteiger partial charge in [-0.2, -0.15) is 0 Å². The predicted molar refractivity (Wildman–Crippen MR) is 169 cm³/mol. The molecule has 0 radical (unpaired) electrons. The lowest BCUT2D eigenvalue weighted by Gasteiger charge is -2.33. The number of carbonyl (C=O) groups is 2. The van der Waals surface area contributed by atoms with Crippen molar-refractivity contribution in [2.45, 2.75) is 36.7 Å². The first kappa shape index (κ1) is 29.1. The smallest absolute Gasteiger partial charge is 0.317 e. The normalized spacial score (nSPS) is 19.0. The second-order valence-corrected chi connectivity index (χ2v) is 13.2. The van der Waals surface area contributed by atoms with Crippen LogP contribution in [-0.4, -0.2) is 51.0 Å². The molecule has 0 spiro atoms. The number of Topliss-reactive ketones (excluding diaryl/α,β-unsaturated/α-hetero) is 1. The SMILES string of the molecule is CC1CC(=O)C(C(c2cccc3c2OCCO3)c2[nH]c3ccccc3c2CCNS(=O)(=O)c2ccc3ccccc3c2)C(=O)O1. The van der Waals surface area contributed by atoms with Gasteiger partial charge in [-0.05, 0) is 53.9 Å². The summed E-state index contributed by atoms with van der Waals surface area (Å²) in [4.78, 5) is 30.7. The van der Waals surface area contributed by atoms with Crippen LogP contribution in [0.4, 0.5) is 0 Å². The van der Waals surface area contributed by atoms with Crippen molar-refractivity contribution in [3.05, 3.63) is 102 Å². The minimum Gasteiger partial charge on any atom is -0.486 e. The van der Waals surface area contributed by atoms with Crippen LogP contribution in [0.1, 0.15) is 36.1 Å². The highest BCUT2D eigenvalue weighted by molar-refractivity contribution is 7.89. The Balaban J connectivity index is 1.29. The van der Waals surface area contributed by atoms with Gasteiger partial charge < -0.3 is 19.2 Å². The Bertz CT molecular complexity index is 2030. The van der Waals surface area contributed by atoms with Crippen molar-refractivity contribution in [3.63, 3.8) is 0 Å². The Hall–Kier alpha value is -4.67. The van der Waals surface area contributed by atoms with E-state index in [1.54, 1.807) is 31.2 Å². The molecule has 0 amide bonds. The van der Waals surface area contributed by atoms with Crippen molar-refractivity contribution in [3.8, 4) is 11.5 Å². The third kappa shape index (κ3) is 5.44. The number of sulfonamides is 1. The van der Waals surface area contributed by atoms with E-state index in [-0.39, 0.29) is 23.6 Å². The van der Waals surface area contributed by atoms with Crippen LogP contribution in [0.2, 0.25) is 0 Å². The fourth-order valence-corrected chi connectivity index (χ4v) is 7.57. The number of esters is 1. The maximum absolute atomic E-state index is 13.6. The van der Waals surface area contributed by atoms with Crippen LogP contribution < -0.4 is 14.2 Å². The zero-order valence-corrected chi connectivity index (χ0v) is 25.4. The van der Waals surface area contributed by atoms with Crippen molar-refractivity contribution in [1.29, 1.82) is 0 Å². The van der Waals surface area contributed by atoms with Gasteiger partial charge in [0.15, 0.2) is 17.3 Å². The van der Waals surface area contributed by atoms with Gasteiger partial charge >= 0.3 is 5.97 Å². The maximum Gasteiger partial charge on any atom is 0.317 e. The van der Waals surface area contributed by atoms with Gasteiger partial charge in [-0.15, -0.1) is 0 Å². The van der Waals surface area contributed by atoms with Crippen LogP contribution in [0.3, 0.4) is 0 Å². The molecule has 4 aromatic carbocycles. The van der Waals surface area contributed by atoms with Gasteiger partial charge in [-0.25, -0.2) is 13.1 Å². The summed E-state index contributed by atoms with van der Waals surface area (Å²) in [7, 11) is -3.82. The molecule has 10 heteroatoms. The molecule has 2 aliphatic heterocycles. The Morgan fingerprint density at radius 3 is 2.53 bits per heavy atom. The molecule has 0 bridgehead atoms. The third-order valence-corrected chi connectivity index (χ3v) is 9.99. The molecule has 3 unspecified atom stereocenters. The largest absolute Gasteiger partial charge is 0.486 e. The first-order chi connectivity index (χ1) is 21.8. The average molecular weight is 625 g/mol. The Morgan fingerprint density at radius 2 is 1.69 bits per heavy atom. The standard InChI is InChI=1S/C35H32N2O7S/c1-21-19-29(38)32(35(39)44-21)31(27-10-6-12-30-34(27)43-18-17-42-30)33-26(25-9-4-5-11-28(25)37-33)15-16-36-45(40,41)24-14-13-22-7-2-3-8-23(22)20-24/h2-14,20-21,31-32,36-37H,15-19H2,1H3. The molecule has 1 saturated heterocycles. The van der Waals surface area contributed by atoms with Gasteiger partial charge in [0.1, 0.15) is 25.2 Å².